The van der Waals surface area contributed by atoms with E-state index in [1.807, 2.05) is 36.4 Å². The Balaban J connectivity index is 1.42. The minimum Gasteiger partial charge on any atom is -0.480 e. The first-order chi connectivity index (χ1) is 16.9. The van der Waals surface area contributed by atoms with Crippen molar-refractivity contribution in [1.29, 1.82) is 0 Å². The Hall–Kier alpha value is -4.28. The standard InChI is InChI=1S/C27H21ClN2O5/c1-2-13-30(15-25(31)32)26(33)17-11-12-24(23(28)14-17)29-27(34)35-16-22-20-9-5-3-7-18(20)19-8-4-6-10-21(19)22/h1,3-12,14,22H,13,15-16H2,(H,29,34)(H,31,32). The zero-order valence-corrected chi connectivity index (χ0v) is 19.3. The van der Waals surface area contributed by atoms with E-state index in [-0.39, 0.29) is 35.3 Å². The highest BCUT2D eigenvalue weighted by molar-refractivity contribution is 6.34. The van der Waals surface area contributed by atoms with Gasteiger partial charge in [-0.25, -0.2) is 4.79 Å². The van der Waals surface area contributed by atoms with E-state index in [0.29, 0.717) is 0 Å². The third kappa shape index (κ3) is 5.13. The highest BCUT2D eigenvalue weighted by Gasteiger charge is 2.29. The number of benzene rings is 3. The van der Waals surface area contributed by atoms with Crippen LogP contribution < -0.4 is 5.32 Å². The zero-order valence-electron chi connectivity index (χ0n) is 18.5. The van der Waals surface area contributed by atoms with Crippen molar-refractivity contribution in [3.05, 3.63) is 88.4 Å². The first-order valence-electron chi connectivity index (χ1n) is 10.7. The van der Waals surface area contributed by atoms with Gasteiger partial charge in [0.2, 0.25) is 0 Å². The van der Waals surface area contributed by atoms with Crippen molar-refractivity contribution in [2.75, 3.05) is 25.0 Å². The summed E-state index contributed by atoms with van der Waals surface area (Å²) >= 11 is 6.27. The molecule has 35 heavy (non-hydrogen) atoms. The lowest BCUT2D eigenvalue weighted by atomic mass is 9.98. The second kappa shape index (κ2) is 10.3. The molecule has 2 amide bonds. The second-order valence-corrected chi connectivity index (χ2v) is 8.31. The molecule has 0 saturated heterocycles. The number of anilines is 1. The van der Waals surface area contributed by atoms with Crippen LogP contribution in [-0.4, -0.2) is 47.7 Å². The molecule has 0 bridgehead atoms. The molecule has 0 heterocycles. The number of hydrogen-bond donors (Lipinski definition) is 2. The number of fused-ring (bicyclic) bond motifs is 3. The molecule has 0 aliphatic heterocycles. The number of aliphatic carboxylic acids is 1. The lowest BCUT2D eigenvalue weighted by Gasteiger charge is -2.18. The van der Waals surface area contributed by atoms with Crippen LogP contribution >= 0.6 is 11.6 Å². The molecule has 0 atom stereocenters. The number of nitrogens with zero attached hydrogens (tertiary/aromatic N) is 1. The summed E-state index contributed by atoms with van der Waals surface area (Å²) in [7, 11) is 0. The maximum absolute atomic E-state index is 12.6. The van der Waals surface area contributed by atoms with E-state index >= 15 is 0 Å². The normalized spacial score (nSPS) is 11.7. The summed E-state index contributed by atoms with van der Waals surface area (Å²) in [5, 5.41) is 11.7. The maximum atomic E-state index is 12.6. The number of rotatable bonds is 7. The van der Waals surface area contributed by atoms with Crippen LogP contribution in [0.15, 0.2) is 66.7 Å². The molecule has 0 radical (unpaired) electrons. The summed E-state index contributed by atoms with van der Waals surface area (Å²) in [4.78, 5) is 37.1. The van der Waals surface area contributed by atoms with Gasteiger partial charge in [-0.15, -0.1) is 6.42 Å². The minimum atomic E-state index is -1.19. The molecule has 0 saturated carbocycles. The largest absolute Gasteiger partial charge is 0.480 e. The van der Waals surface area contributed by atoms with E-state index in [2.05, 4.69) is 23.4 Å². The van der Waals surface area contributed by atoms with Gasteiger partial charge in [0, 0.05) is 11.5 Å². The molecule has 2 N–H and O–H groups in total. The average molecular weight is 489 g/mol. The molecule has 1 aliphatic rings. The fourth-order valence-corrected chi connectivity index (χ4v) is 4.38. The lowest BCUT2D eigenvalue weighted by Crippen LogP contribution is -2.36. The van der Waals surface area contributed by atoms with Crippen molar-refractivity contribution in [2.24, 2.45) is 0 Å². The van der Waals surface area contributed by atoms with Crippen molar-refractivity contribution in [1.82, 2.24) is 4.90 Å². The van der Waals surface area contributed by atoms with Crippen molar-refractivity contribution >= 4 is 35.3 Å². The Bertz CT molecular complexity index is 1300. The Kier molecular flexibility index (Phi) is 7.04. The van der Waals surface area contributed by atoms with E-state index in [4.69, 9.17) is 27.9 Å². The average Bonchev–Trinajstić information content (AvgIpc) is 3.17. The van der Waals surface area contributed by atoms with E-state index < -0.39 is 24.5 Å². The van der Waals surface area contributed by atoms with Crippen LogP contribution in [0.3, 0.4) is 0 Å². The van der Waals surface area contributed by atoms with Crippen LogP contribution in [0.1, 0.15) is 27.4 Å². The third-order valence-corrected chi connectivity index (χ3v) is 6.00. The zero-order chi connectivity index (χ0) is 24.9. The lowest BCUT2D eigenvalue weighted by molar-refractivity contribution is -0.137. The fourth-order valence-electron chi connectivity index (χ4n) is 4.15. The number of carbonyl (C=O) groups excluding carboxylic acids is 2. The monoisotopic (exact) mass is 488 g/mol. The summed E-state index contributed by atoms with van der Waals surface area (Å²) in [6.07, 6.45) is 4.54. The smallest absolute Gasteiger partial charge is 0.411 e. The molecule has 7 nitrogen and oxygen atoms in total. The first-order valence-corrected chi connectivity index (χ1v) is 11.1. The summed E-state index contributed by atoms with van der Waals surface area (Å²) < 4.78 is 5.52. The number of terminal acetylenes is 1. The van der Waals surface area contributed by atoms with Crippen molar-refractivity contribution in [2.45, 2.75) is 5.92 Å². The molecule has 1 aliphatic carbocycles. The van der Waals surface area contributed by atoms with Gasteiger partial charge in [-0.3, -0.25) is 14.9 Å². The molecule has 0 fully saturated rings. The van der Waals surface area contributed by atoms with Crippen LogP contribution in [0.2, 0.25) is 5.02 Å². The van der Waals surface area contributed by atoms with Crippen LogP contribution in [0.25, 0.3) is 11.1 Å². The van der Waals surface area contributed by atoms with E-state index in [1.54, 1.807) is 0 Å². The van der Waals surface area contributed by atoms with E-state index in [0.717, 1.165) is 27.2 Å². The first kappa shape index (κ1) is 23.9. The molecular weight excluding hydrogens is 468 g/mol. The van der Waals surface area contributed by atoms with E-state index in [1.165, 1.54) is 18.2 Å². The third-order valence-electron chi connectivity index (χ3n) is 5.69. The SMILES string of the molecule is C#CCN(CC(=O)O)C(=O)c1ccc(NC(=O)OCC2c3ccccc3-c3ccccc32)c(Cl)c1. The molecular formula is C27H21ClN2O5. The van der Waals surface area contributed by atoms with Gasteiger partial charge in [-0.05, 0) is 40.5 Å². The van der Waals surface area contributed by atoms with Gasteiger partial charge in [0.15, 0.2) is 0 Å². The summed E-state index contributed by atoms with van der Waals surface area (Å²) in [6, 6.07) is 20.3. The van der Waals surface area contributed by atoms with Crippen LogP contribution in [0.4, 0.5) is 10.5 Å². The van der Waals surface area contributed by atoms with Gasteiger partial charge in [0.25, 0.3) is 5.91 Å². The summed E-state index contributed by atoms with van der Waals surface area (Å²) in [5.41, 5.74) is 4.84. The van der Waals surface area contributed by atoms with E-state index in [9.17, 15) is 14.4 Å². The molecule has 0 unspecified atom stereocenters. The second-order valence-electron chi connectivity index (χ2n) is 7.90. The van der Waals surface area contributed by atoms with Gasteiger partial charge >= 0.3 is 12.1 Å². The van der Waals surface area contributed by atoms with Gasteiger partial charge in [-0.1, -0.05) is 66.1 Å². The number of hydrogen-bond acceptors (Lipinski definition) is 4. The van der Waals surface area contributed by atoms with Crippen molar-refractivity contribution < 1.29 is 24.2 Å². The quantitative estimate of drug-likeness (QED) is 0.463. The van der Waals surface area contributed by atoms with Gasteiger partial charge in [0.05, 0.1) is 17.3 Å². The van der Waals surface area contributed by atoms with Gasteiger partial charge < -0.3 is 14.7 Å². The number of nitrogens with one attached hydrogen (secondary N) is 1. The maximum Gasteiger partial charge on any atom is 0.411 e. The summed E-state index contributed by atoms with van der Waals surface area (Å²) in [5.74, 6) is 0.407. The van der Waals surface area contributed by atoms with Crippen molar-refractivity contribution in [3.8, 4) is 23.5 Å². The predicted molar refractivity (Wildman–Crippen MR) is 133 cm³/mol. The molecule has 3 aromatic carbocycles. The highest BCUT2D eigenvalue weighted by atomic mass is 35.5. The Morgan fingerprint density at radius 1 is 1.03 bits per heavy atom. The van der Waals surface area contributed by atoms with Crippen LogP contribution in [0, 0.1) is 12.3 Å². The Morgan fingerprint density at radius 2 is 1.66 bits per heavy atom. The molecule has 4 rings (SSSR count). The minimum absolute atomic E-state index is 0.0833. The summed E-state index contributed by atoms with van der Waals surface area (Å²) in [6.45, 7) is -0.562. The Morgan fingerprint density at radius 3 is 2.23 bits per heavy atom. The highest BCUT2D eigenvalue weighted by Crippen LogP contribution is 2.44. The van der Waals surface area contributed by atoms with Gasteiger partial charge in [-0.2, -0.15) is 0 Å². The Labute approximate surface area is 207 Å². The molecule has 0 aromatic heterocycles. The number of carboxylic acid groups (broad SMARTS) is 1. The molecule has 176 valence electrons. The molecule has 3 aromatic rings. The molecule has 8 heteroatoms. The molecule has 0 spiro atoms. The number of carboxylic acids is 1. The van der Waals surface area contributed by atoms with Crippen molar-refractivity contribution in [3.63, 3.8) is 0 Å². The van der Waals surface area contributed by atoms with Crippen LogP contribution in [-0.2, 0) is 9.53 Å². The van der Waals surface area contributed by atoms with Gasteiger partial charge in [0.1, 0.15) is 13.2 Å². The number of carbonyl (C=O) groups is 3. The van der Waals surface area contributed by atoms with Crippen LogP contribution in [0.5, 0.6) is 0 Å². The predicted octanol–water partition coefficient (Wildman–Crippen LogP) is 4.86. The number of amides is 2. The number of halogens is 1. The fraction of sp³-hybridized carbons (Fsp3) is 0.148. The topological polar surface area (TPSA) is 95.9 Å². The number of ether oxygens (including phenoxy) is 1.